The number of piperazine rings is 1. The molecule has 0 spiro atoms. The van der Waals surface area contributed by atoms with Gasteiger partial charge in [0.25, 0.3) is 0 Å². The van der Waals surface area contributed by atoms with E-state index in [0.29, 0.717) is 11.3 Å². The fraction of sp³-hybridized carbons (Fsp3) is 0.364. The van der Waals surface area contributed by atoms with Crippen LogP contribution in [0.4, 0.5) is 5.69 Å². The number of anilines is 1. The molecular formula is C22H25N3O5. The van der Waals surface area contributed by atoms with E-state index in [1.807, 2.05) is 12.1 Å². The molecule has 0 atom stereocenters. The summed E-state index contributed by atoms with van der Waals surface area (Å²) < 4.78 is 15.6. The molecule has 0 aliphatic carbocycles. The lowest BCUT2D eigenvalue weighted by Crippen LogP contribution is -2.48. The Labute approximate surface area is 175 Å². The molecule has 158 valence electrons. The van der Waals surface area contributed by atoms with E-state index in [4.69, 9.17) is 14.2 Å². The zero-order chi connectivity index (χ0) is 20.9. The van der Waals surface area contributed by atoms with Crippen molar-refractivity contribution in [1.82, 2.24) is 9.80 Å². The molecule has 2 aliphatic heterocycles. The van der Waals surface area contributed by atoms with E-state index in [9.17, 15) is 9.59 Å². The van der Waals surface area contributed by atoms with Crippen LogP contribution in [0.5, 0.6) is 11.5 Å². The van der Waals surface area contributed by atoms with Crippen molar-refractivity contribution in [3.63, 3.8) is 0 Å². The molecular weight excluding hydrogens is 386 g/mol. The molecule has 2 heterocycles. The topological polar surface area (TPSA) is 80.3 Å². The Kier molecular flexibility index (Phi) is 6.15. The van der Waals surface area contributed by atoms with Gasteiger partial charge in [-0.15, -0.1) is 0 Å². The van der Waals surface area contributed by atoms with Crippen LogP contribution in [-0.2, 0) is 16.1 Å². The van der Waals surface area contributed by atoms with Gasteiger partial charge >= 0.3 is 5.97 Å². The zero-order valence-electron chi connectivity index (χ0n) is 16.9. The summed E-state index contributed by atoms with van der Waals surface area (Å²) in [6, 6.07) is 12.9. The Morgan fingerprint density at radius 1 is 1.00 bits per heavy atom. The maximum atomic E-state index is 12.5. The number of para-hydroxylation sites is 1. The first-order valence-corrected chi connectivity index (χ1v) is 9.93. The van der Waals surface area contributed by atoms with Gasteiger partial charge in [0, 0.05) is 32.7 Å². The van der Waals surface area contributed by atoms with Crippen molar-refractivity contribution in [3.05, 3.63) is 53.6 Å². The van der Waals surface area contributed by atoms with Crippen LogP contribution in [0.2, 0.25) is 0 Å². The zero-order valence-corrected chi connectivity index (χ0v) is 16.9. The van der Waals surface area contributed by atoms with Gasteiger partial charge < -0.3 is 19.5 Å². The van der Waals surface area contributed by atoms with Crippen molar-refractivity contribution < 1.29 is 23.8 Å². The number of nitrogens with one attached hydrogen (secondary N) is 1. The minimum atomic E-state index is -0.469. The van der Waals surface area contributed by atoms with E-state index in [0.717, 1.165) is 44.2 Å². The normalized spacial score (nSPS) is 16.3. The molecule has 1 N–H and O–H groups in total. The summed E-state index contributed by atoms with van der Waals surface area (Å²) in [6.45, 7) is 4.76. The highest BCUT2D eigenvalue weighted by Gasteiger charge is 2.21. The van der Waals surface area contributed by atoms with Gasteiger partial charge in [-0.2, -0.15) is 0 Å². The van der Waals surface area contributed by atoms with E-state index in [-0.39, 0.29) is 19.2 Å². The second-order valence-electron chi connectivity index (χ2n) is 7.33. The number of ether oxygens (including phenoxy) is 3. The second kappa shape index (κ2) is 9.15. The van der Waals surface area contributed by atoms with Gasteiger partial charge in [0.05, 0.1) is 24.9 Å². The first-order chi connectivity index (χ1) is 14.6. The molecule has 2 aromatic rings. The molecule has 1 saturated heterocycles. The Balaban J connectivity index is 1.26. The Hall–Kier alpha value is -3.10. The Morgan fingerprint density at radius 2 is 1.73 bits per heavy atom. The smallest absolute Gasteiger partial charge is 0.339 e. The van der Waals surface area contributed by atoms with Crippen molar-refractivity contribution in [2.24, 2.45) is 0 Å². The monoisotopic (exact) mass is 411 g/mol. The van der Waals surface area contributed by atoms with Crippen LogP contribution in [-0.4, -0.2) is 68.3 Å². The lowest BCUT2D eigenvalue weighted by Gasteiger charge is -2.34. The molecule has 0 unspecified atom stereocenters. The van der Waals surface area contributed by atoms with Crippen molar-refractivity contribution in [2.45, 2.75) is 6.54 Å². The second-order valence-corrected chi connectivity index (χ2v) is 7.33. The number of hydrogen-bond donors (Lipinski definition) is 1. The molecule has 0 radical (unpaired) electrons. The first-order valence-electron chi connectivity index (χ1n) is 9.93. The number of hydrogen-bond acceptors (Lipinski definition) is 7. The summed E-state index contributed by atoms with van der Waals surface area (Å²) in [4.78, 5) is 28.8. The third-order valence-electron chi connectivity index (χ3n) is 5.28. The van der Waals surface area contributed by atoms with Crippen LogP contribution in [0.25, 0.3) is 0 Å². The van der Waals surface area contributed by atoms with Gasteiger partial charge in [-0.25, -0.2) is 4.79 Å². The van der Waals surface area contributed by atoms with Crippen LogP contribution >= 0.6 is 0 Å². The van der Waals surface area contributed by atoms with Gasteiger partial charge in [0.15, 0.2) is 11.5 Å². The maximum absolute atomic E-state index is 12.5. The van der Waals surface area contributed by atoms with Crippen molar-refractivity contribution in [2.75, 3.05) is 51.9 Å². The highest BCUT2D eigenvalue weighted by molar-refractivity contribution is 6.01. The third-order valence-corrected chi connectivity index (χ3v) is 5.28. The number of carbonyl (C=O) groups excluding carboxylic acids is 2. The van der Waals surface area contributed by atoms with Gasteiger partial charge in [0.1, 0.15) is 0 Å². The number of amides is 1. The predicted octanol–water partition coefficient (Wildman–Crippen LogP) is 1.96. The Bertz CT molecular complexity index is 925. The summed E-state index contributed by atoms with van der Waals surface area (Å²) in [6.07, 6.45) is 0. The lowest BCUT2D eigenvalue weighted by atomic mass is 10.1. The summed E-state index contributed by atoms with van der Waals surface area (Å²) in [5.41, 5.74) is 2.00. The average Bonchev–Trinajstić information content (AvgIpc) is 3.23. The van der Waals surface area contributed by atoms with Crippen LogP contribution in [0.1, 0.15) is 15.9 Å². The van der Waals surface area contributed by atoms with Gasteiger partial charge in [-0.1, -0.05) is 18.2 Å². The molecule has 8 nitrogen and oxygen atoms in total. The molecule has 0 bridgehead atoms. The van der Waals surface area contributed by atoms with Crippen LogP contribution < -0.4 is 14.8 Å². The highest BCUT2D eigenvalue weighted by atomic mass is 16.7. The predicted molar refractivity (Wildman–Crippen MR) is 111 cm³/mol. The first kappa shape index (κ1) is 20.2. The molecule has 0 aromatic heterocycles. The molecule has 2 aromatic carbocycles. The third kappa shape index (κ3) is 4.72. The van der Waals surface area contributed by atoms with E-state index in [2.05, 4.69) is 21.2 Å². The number of carbonyl (C=O) groups is 2. The fourth-order valence-electron chi connectivity index (χ4n) is 3.68. The van der Waals surface area contributed by atoms with Crippen molar-refractivity contribution in [1.29, 1.82) is 0 Å². The highest BCUT2D eigenvalue weighted by Crippen LogP contribution is 2.32. The van der Waals surface area contributed by atoms with Gasteiger partial charge in [-0.3, -0.25) is 14.6 Å². The number of fused-ring (bicyclic) bond motifs is 1. The van der Waals surface area contributed by atoms with E-state index >= 15 is 0 Å². The minimum Gasteiger partial charge on any atom is -0.465 e. The van der Waals surface area contributed by atoms with Crippen molar-refractivity contribution >= 4 is 17.6 Å². The molecule has 8 heteroatoms. The summed E-state index contributed by atoms with van der Waals surface area (Å²) in [5, 5.41) is 2.83. The maximum Gasteiger partial charge on any atom is 0.339 e. The summed E-state index contributed by atoms with van der Waals surface area (Å²) >= 11 is 0. The van der Waals surface area contributed by atoms with Crippen LogP contribution in [0.15, 0.2) is 42.5 Å². The van der Waals surface area contributed by atoms with E-state index < -0.39 is 5.97 Å². The molecule has 1 amide bonds. The number of esters is 1. The number of rotatable bonds is 6. The molecule has 4 rings (SSSR count). The average molecular weight is 411 g/mol. The SMILES string of the molecule is COC(=O)c1ccccc1NC(=O)CN1CCN(Cc2ccc3c(c2)OCO3)CC1. The Morgan fingerprint density at radius 3 is 2.53 bits per heavy atom. The number of methoxy groups -OCH3 is 1. The van der Waals surface area contributed by atoms with Crippen molar-refractivity contribution in [3.8, 4) is 11.5 Å². The standard InChI is InChI=1S/C22H25N3O5/c1-28-22(27)17-4-2-3-5-18(17)23-21(26)14-25-10-8-24(9-11-25)13-16-6-7-19-20(12-16)30-15-29-19/h2-7,12H,8-11,13-15H2,1H3,(H,23,26). The van der Waals surface area contributed by atoms with Crippen LogP contribution in [0, 0.1) is 0 Å². The summed E-state index contributed by atoms with van der Waals surface area (Å²) in [5.74, 6) is 0.983. The number of nitrogens with zero attached hydrogens (tertiary/aromatic N) is 2. The lowest BCUT2D eigenvalue weighted by molar-refractivity contribution is -0.117. The van der Waals surface area contributed by atoms with Gasteiger partial charge in [0.2, 0.25) is 12.7 Å². The largest absolute Gasteiger partial charge is 0.465 e. The molecule has 1 fully saturated rings. The minimum absolute atomic E-state index is 0.143. The molecule has 2 aliphatic rings. The quantitative estimate of drug-likeness (QED) is 0.728. The number of benzene rings is 2. The van der Waals surface area contributed by atoms with E-state index in [1.54, 1.807) is 24.3 Å². The van der Waals surface area contributed by atoms with Crippen LogP contribution in [0.3, 0.4) is 0 Å². The summed E-state index contributed by atoms with van der Waals surface area (Å²) in [7, 11) is 1.32. The molecule has 0 saturated carbocycles. The molecule has 30 heavy (non-hydrogen) atoms. The van der Waals surface area contributed by atoms with Gasteiger partial charge in [-0.05, 0) is 29.8 Å². The van der Waals surface area contributed by atoms with E-state index in [1.165, 1.54) is 12.7 Å². The fourth-order valence-corrected chi connectivity index (χ4v) is 3.68.